The van der Waals surface area contributed by atoms with E-state index >= 15 is 0 Å². The maximum atomic E-state index is 13.4. The number of hydrogen-bond donors (Lipinski definition) is 0. The monoisotopic (exact) mass is 480 g/mol. The fourth-order valence-electron chi connectivity index (χ4n) is 3.97. The summed E-state index contributed by atoms with van der Waals surface area (Å²) in [6.45, 7) is 2.16. The van der Waals surface area contributed by atoms with E-state index in [9.17, 15) is 9.59 Å². The first-order valence-corrected chi connectivity index (χ1v) is 11.3. The van der Waals surface area contributed by atoms with Gasteiger partial charge < -0.3 is 14.2 Å². The minimum atomic E-state index is -0.0901. The molecule has 1 aliphatic rings. The Kier molecular flexibility index (Phi) is 6.87. The van der Waals surface area contributed by atoms with Crippen LogP contribution in [0.4, 0.5) is 0 Å². The second-order valence-electron chi connectivity index (χ2n) is 7.83. The average molecular weight is 481 g/mol. The number of hydrogen-bond acceptors (Lipinski definition) is 3. The molecule has 2 aromatic carbocycles. The van der Waals surface area contributed by atoms with Crippen molar-refractivity contribution in [1.82, 2.24) is 9.80 Å². The van der Waals surface area contributed by atoms with Crippen molar-refractivity contribution >= 4 is 27.7 Å². The van der Waals surface area contributed by atoms with Gasteiger partial charge in [0.05, 0.1) is 12.8 Å². The summed E-state index contributed by atoms with van der Waals surface area (Å²) in [7, 11) is 0. The zero-order chi connectivity index (χ0) is 21.6. The Bertz CT molecular complexity index is 995. The highest BCUT2D eigenvalue weighted by atomic mass is 79.9. The van der Waals surface area contributed by atoms with Gasteiger partial charge in [0.15, 0.2) is 0 Å². The maximum Gasteiger partial charge on any atom is 0.253 e. The number of carbonyl (C=O) groups excluding carboxylic acids is 2. The van der Waals surface area contributed by atoms with Gasteiger partial charge >= 0.3 is 0 Å². The molecule has 1 aromatic heterocycles. The molecule has 2 heterocycles. The Morgan fingerprint density at radius 2 is 1.65 bits per heavy atom. The smallest absolute Gasteiger partial charge is 0.253 e. The van der Waals surface area contributed by atoms with Crippen LogP contribution in [0.2, 0.25) is 0 Å². The van der Waals surface area contributed by atoms with Crippen LogP contribution in [0.3, 0.4) is 0 Å². The van der Waals surface area contributed by atoms with Crippen LogP contribution >= 0.6 is 15.9 Å². The number of likely N-dealkylation sites (tertiary alicyclic amines) is 1. The summed E-state index contributed by atoms with van der Waals surface area (Å²) in [6.07, 6.45) is 2.97. The molecule has 0 radical (unpaired) electrons. The van der Waals surface area contributed by atoms with Crippen LogP contribution in [0, 0.1) is 5.92 Å². The van der Waals surface area contributed by atoms with E-state index in [1.807, 2.05) is 76.5 Å². The molecule has 0 saturated carbocycles. The van der Waals surface area contributed by atoms with E-state index in [1.54, 1.807) is 6.26 Å². The van der Waals surface area contributed by atoms with Gasteiger partial charge in [-0.15, -0.1) is 0 Å². The van der Waals surface area contributed by atoms with Crippen molar-refractivity contribution in [2.24, 2.45) is 5.92 Å². The minimum Gasteiger partial charge on any atom is -0.467 e. The zero-order valence-electron chi connectivity index (χ0n) is 17.2. The highest BCUT2D eigenvalue weighted by Crippen LogP contribution is 2.24. The lowest BCUT2D eigenvalue weighted by Gasteiger charge is -2.34. The first kappa shape index (κ1) is 21.4. The van der Waals surface area contributed by atoms with Gasteiger partial charge in [-0.2, -0.15) is 0 Å². The summed E-state index contributed by atoms with van der Waals surface area (Å²) in [5.74, 6) is 0.825. The van der Waals surface area contributed by atoms with Crippen molar-refractivity contribution in [3.63, 3.8) is 0 Å². The molecule has 0 aliphatic carbocycles. The SMILES string of the molecule is O=C(c1ccc(Br)cc1)N1CCC(C(=O)N(Cc2ccccc2)Cc2ccco2)CC1. The molecule has 2 amide bonds. The molecule has 5 nitrogen and oxygen atoms in total. The number of benzene rings is 2. The van der Waals surface area contributed by atoms with E-state index in [0.717, 1.165) is 15.8 Å². The maximum absolute atomic E-state index is 13.4. The number of nitrogens with zero attached hydrogens (tertiary/aromatic N) is 2. The Labute approximate surface area is 190 Å². The van der Waals surface area contributed by atoms with Crippen LogP contribution in [0.1, 0.15) is 34.5 Å². The van der Waals surface area contributed by atoms with Gasteiger partial charge in [0.1, 0.15) is 5.76 Å². The van der Waals surface area contributed by atoms with Gasteiger partial charge in [-0.05, 0) is 54.8 Å². The number of piperidine rings is 1. The van der Waals surface area contributed by atoms with Gasteiger partial charge in [-0.1, -0.05) is 46.3 Å². The van der Waals surface area contributed by atoms with E-state index in [1.165, 1.54) is 0 Å². The van der Waals surface area contributed by atoms with E-state index in [2.05, 4.69) is 15.9 Å². The van der Waals surface area contributed by atoms with Crippen molar-refractivity contribution < 1.29 is 14.0 Å². The Morgan fingerprint density at radius 1 is 0.935 bits per heavy atom. The summed E-state index contributed by atoms with van der Waals surface area (Å²) < 4.78 is 6.44. The van der Waals surface area contributed by atoms with Crippen LogP contribution in [-0.2, 0) is 17.9 Å². The Morgan fingerprint density at radius 3 is 2.29 bits per heavy atom. The molecule has 0 bridgehead atoms. The number of amides is 2. The summed E-state index contributed by atoms with van der Waals surface area (Å²) in [6, 6.07) is 21.1. The fourth-order valence-corrected chi connectivity index (χ4v) is 4.23. The average Bonchev–Trinajstić information content (AvgIpc) is 3.32. The molecule has 160 valence electrons. The van der Waals surface area contributed by atoms with Gasteiger partial charge in [-0.3, -0.25) is 9.59 Å². The number of carbonyl (C=O) groups is 2. The first-order chi connectivity index (χ1) is 15.1. The van der Waals surface area contributed by atoms with Crippen molar-refractivity contribution in [3.8, 4) is 0 Å². The van der Waals surface area contributed by atoms with E-state index < -0.39 is 0 Å². The van der Waals surface area contributed by atoms with E-state index in [4.69, 9.17) is 4.42 Å². The predicted octanol–water partition coefficient (Wildman–Crippen LogP) is 5.12. The normalized spacial score (nSPS) is 14.4. The third-order valence-corrected chi connectivity index (χ3v) is 6.21. The molecule has 1 fully saturated rings. The first-order valence-electron chi connectivity index (χ1n) is 10.5. The van der Waals surface area contributed by atoms with Crippen LogP contribution in [0.15, 0.2) is 81.9 Å². The highest BCUT2D eigenvalue weighted by Gasteiger charge is 2.31. The van der Waals surface area contributed by atoms with Crippen molar-refractivity contribution in [1.29, 1.82) is 0 Å². The third-order valence-electron chi connectivity index (χ3n) is 5.68. The number of halogens is 1. The highest BCUT2D eigenvalue weighted by molar-refractivity contribution is 9.10. The summed E-state index contributed by atoms with van der Waals surface area (Å²) >= 11 is 3.40. The van der Waals surface area contributed by atoms with Gasteiger partial charge in [0.25, 0.3) is 5.91 Å². The van der Waals surface area contributed by atoms with Crippen LogP contribution < -0.4 is 0 Å². The van der Waals surface area contributed by atoms with Crippen LogP contribution in [-0.4, -0.2) is 34.7 Å². The summed E-state index contributed by atoms with van der Waals surface area (Å²) in [5, 5.41) is 0. The molecule has 31 heavy (non-hydrogen) atoms. The second-order valence-corrected chi connectivity index (χ2v) is 8.75. The molecule has 0 N–H and O–H groups in total. The standard InChI is InChI=1S/C25H25BrN2O3/c26-22-10-8-20(9-11-22)24(29)27-14-12-21(13-15-27)25(30)28(18-23-7-4-16-31-23)17-19-5-2-1-3-6-19/h1-11,16,21H,12-15,17-18H2. The Hall–Kier alpha value is -2.86. The zero-order valence-corrected chi connectivity index (χ0v) is 18.8. The lowest BCUT2D eigenvalue weighted by molar-refractivity contribution is -0.138. The number of furan rings is 1. The topological polar surface area (TPSA) is 53.8 Å². The van der Waals surface area contributed by atoms with Crippen LogP contribution in [0.5, 0.6) is 0 Å². The quantitative estimate of drug-likeness (QED) is 0.491. The number of rotatable bonds is 6. The second kappa shape index (κ2) is 9.96. The molecule has 6 heteroatoms. The predicted molar refractivity (Wildman–Crippen MR) is 122 cm³/mol. The van der Waals surface area contributed by atoms with Gasteiger partial charge in [0.2, 0.25) is 5.91 Å². The van der Waals surface area contributed by atoms with Crippen molar-refractivity contribution in [3.05, 3.63) is 94.4 Å². The van der Waals surface area contributed by atoms with Crippen molar-refractivity contribution in [2.45, 2.75) is 25.9 Å². The summed E-state index contributed by atoms with van der Waals surface area (Å²) in [4.78, 5) is 29.9. The molecular formula is C25H25BrN2O3. The summed E-state index contributed by atoms with van der Waals surface area (Å²) in [5.41, 5.74) is 1.77. The minimum absolute atomic E-state index is 0.0233. The molecule has 1 saturated heterocycles. The molecule has 0 unspecified atom stereocenters. The lowest BCUT2D eigenvalue weighted by atomic mass is 9.94. The fraction of sp³-hybridized carbons (Fsp3) is 0.280. The van der Waals surface area contributed by atoms with Crippen LogP contribution in [0.25, 0.3) is 0 Å². The molecule has 1 aliphatic heterocycles. The molecule has 3 aromatic rings. The third kappa shape index (κ3) is 5.44. The van der Waals surface area contributed by atoms with Crippen molar-refractivity contribution in [2.75, 3.05) is 13.1 Å². The lowest BCUT2D eigenvalue weighted by Crippen LogP contribution is -2.44. The van der Waals surface area contributed by atoms with Gasteiger partial charge in [-0.25, -0.2) is 0 Å². The van der Waals surface area contributed by atoms with Gasteiger partial charge in [0, 0.05) is 35.6 Å². The Balaban J connectivity index is 1.40. The largest absolute Gasteiger partial charge is 0.467 e. The van der Waals surface area contributed by atoms with E-state index in [0.29, 0.717) is 44.6 Å². The molecular weight excluding hydrogens is 456 g/mol. The van der Waals surface area contributed by atoms with E-state index in [-0.39, 0.29) is 17.7 Å². The molecule has 0 atom stereocenters. The molecule has 0 spiro atoms. The molecule has 4 rings (SSSR count).